The summed E-state index contributed by atoms with van der Waals surface area (Å²) < 4.78 is 6.21. The van der Waals surface area contributed by atoms with Crippen LogP contribution in [-0.4, -0.2) is 19.2 Å². The molecule has 0 spiro atoms. The summed E-state index contributed by atoms with van der Waals surface area (Å²) in [4.78, 5) is 0. The van der Waals surface area contributed by atoms with Crippen molar-refractivity contribution in [2.75, 3.05) is 7.05 Å². The van der Waals surface area contributed by atoms with E-state index in [1.807, 2.05) is 0 Å². The van der Waals surface area contributed by atoms with Crippen molar-refractivity contribution in [3.8, 4) is 5.75 Å². The second-order valence-electron chi connectivity index (χ2n) is 5.36. The number of hydrogen-bond acceptors (Lipinski definition) is 2. The fourth-order valence-corrected chi connectivity index (χ4v) is 2.79. The van der Waals surface area contributed by atoms with Crippen LogP contribution in [0.25, 0.3) is 0 Å². The Morgan fingerprint density at radius 2 is 1.89 bits per heavy atom. The lowest BCUT2D eigenvalue weighted by Gasteiger charge is -2.29. The predicted molar refractivity (Wildman–Crippen MR) is 76.1 cm³/mol. The summed E-state index contributed by atoms with van der Waals surface area (Å²) in [5.41, 5.74) is 1.26. The Bertz CT molecular complexity index is 364. The van der Waals surface area contributed by atoms with Crippen LogP contribution in [0.1, 0.15) is 44.1 Å². The normalized spacial score (nSPS) is 25.2. The zero-order chi connectivity index (χ0) is 12.8. The van der Waals surface area contributed by atoms with Crippen LogP contribution in [0.15, 0.2) is 24.3 Å². The molecule has 0 radical (unpaired) electrons. The first-order chi connectivity index (χ1) is 8.79. The summed E-state index contributed by atoms with van der Waals surface area (Å²) in [5.74, 6) is 1.01. The number of rotatable bonds is 3. The Morgan fingerprint density at radius 1 is 1.11 bits per heavy atom. The molecule has 0 aromatic heterocycles. The van der Waals surface area contributed by atoms with E-state index in [9.17, 15) is 0 Å². The summed E-state index contributed by atoms with van der Waals surface area (Å²) in [6.45, 7) is 2.11. The molecule has 18 heavy (non-hydrogen) atoms. The van der Waals surface area contributed by atoms with E-state index < -0.39 is 0 Å². The van der Waals surface area contributed by atoms with E-state index in [1.54, 1.807) is 0 Å². The molecule has 0 saturated heterocycles. The number of nitrogens with one attached hydrogen (secondary N) is 1. The Hall–Kier alpha value is -1.02. The minimum Gasteiger partial charge on any atom is -0.489 e. The molecule has 1 aromatic rings. The smallest absolute Gasteiger partial charge is 0.120 e. The van der Waals surface area contributed by atoms with Crippen LogP contribution in [0.4, 0.5) is 0 Å². The van der Waals surface area contributed by atoms with Crippen LogP contribution in [0.2, 0.25) is 0 Å². The molecule has 0 heterocycles. The van der Waals surface area contributed by atoms with Crippen LogP contribution in [0.5, 0.6) is 5.75 Å². The fraction of sp³-hybridized carbons (Fsp3) is 0.625. The zero-order valence-electron chi connectivity index (χ0n) is 11.6. The maximum Gasteiger partial charge on any atom is 0.120 e. The maximum absolute atomic E-state index is 6.21. The standard InChI is InChI=1S/C16H25NO/c1-13-8-7-9-14(12-13)18-16-11-6-4-3-5-10-15(16)17-2/h7-9,12,15-17H,3-6,10-11H2,1-2H3. The molecule has 2 atom stereocenters. The second kappa shape index (κ2) is 6.79. The molecule has 100 valence electrons. The molecule has 1 N–H and O–H groups in total. The topological polar surface area (TPSA) is 21.3 Å². The molecule has 2 heteroatoms. The molecule has 1 fully saturated rings. The van der Waals surface area contributed by atoms with Crippen molar-refractivity contribution in [3.05, 3.63) is 29.8 Å². The van der Waals surface area contributed by atoms with Gasteiger partial charge in [-0.05, 0) is 50.9 Å². The van der Waals surface area contributed by atoms with Crippen molar-refractivity contribution in [1.29, 1.82) is 0 Å². The molecule has 0 aliphatic heterocycles. The Kier molecular flexibility index (Phi) is 5.06. The summed E-state index contributed by atoms with van der Waals surface area (Å²) in [7, 11) is 2.05. The van der Waals surface area contributed by atoms with Crippen molar-refractivity contribution in [1.82, 2.24) is 5.32 Å². The highest BCUT2D eigenvalue weighted by Gasteiger charge is 2.22. The molecule has 2 rings (SSSR count). The van der Waals surface area contributed by atoms with Crippen LogP contribution in [0, 0.1) is 6.92 Å². The number of likely N-dealkylation sites (N-methyl/N-ethyl adjacent to an activating group) is 1. The van der Waals surface area contributed by atoms with Gasteiger partial charge in [0.25, 0.3) is 0 Å². The third kappa shape index (κ3) is 3.74. The summed E-state index contributed by atoms with van der Waals surface area (Å²) in [6.07, 6.45) is 8.04. The fourth-order valence-electron chi connectivity index (χ4n) is 2.79. The van der Waals surface area contributed by atoms with Crippen molar-refractivity contribution < 1.29 is 4.74 Å². The molecule has 1 saturated carbocycles. The molecule has 0 amide bonds. The monoisotopic (exact) mass is 247 g/mol. The lowest BCUT2D eigenvalue weighted by atomic mass is 9.94. The van der Waals surface area contributed by atoms with E-state index in [0.29, 0.717) is 12.1 Å². The van der Waals surface area contributed by atoms with E-state index in [2.05, 4.69) is 43.6 Å². The van der Waals surface area contributed by atoms with Crippen LogP contribution in [-0.2, 0) is 0 Å². The first kappa shape index (κ1) is 13.4. The summed E-state index contributed by atoms with van der Waals surface area (Å²) in [5, 5.41) is 3.43. The Labute approximate surface area is 111 Å². The van der Waals surface area contributed by atoms with Crippen molar-refractivity contribution in [3.63, 3.8) is 0 Å². The third-order valence-electron chi connectivity index (χ3n) is 3.85. The van der Waals surface area contributed by atoms with Gasteiger partial charge in [0.1, 0.15) is 11.9 Å². The molecule has 2 nitrogen and oxygen atoms in total. The van der Waals surface area contributed by atoms with Crippen molar-refractivity contribution >= 4 is 0 Å². The molecule has 1 aromatic carbocycles. The second-order valence-corrected chi connectivity index (χ2v) is 5.36. The van der Waals surface area contributed by atoms with Crippen LogP contribution < -0.4 is 10.1 Å². The van der Waals surface area contributed by atoms with Gasteiger partial charge in [-0.1, -0.05) is 31.4 Å². The minimum atomic E-state index is 0.317. The van der Waals surface area contributed by atoms with Gasteiger partial charge < -0.3 is 10.1 Å². The Morgan fingerprint density at radius 3 is 2.61 bits per heavy atom. The maximum atomic E-state index is 6.21. The highest BCUT2D eigenvalue weighted by atomic mass is 16.5. The SMILES string of the molecule is CNC1CCCCCCC1Oc1cccc(C)c1. The van der Waals surface area contributed by atoms with Crippen molar-refractivity contribution in [2.45, 2.75) is 57.6 Å². The minimum absolute atomic E-state index is 0.317. The average molecular weight is 247 g/mol. The Balaban J connectivity index is 2.03. The van der Waals surface area contributed by atoms with E-state index >= 15 is 0 Å². The van der Waals surface area contributed by atoms with E-state index in [1.165, 1.54) is 44.1 Å². The largest absolute Gasteiger partial charge is 0.489 e. The lowest BCUT2D eigenvalue weighted by Crippen LogP contribution is -2.41. The number of hydrogen-bond donors (Lipinski definition) is 1. The molecule has 1 aliphatic rings. The quantitative estimate of drug-likeness (QED) is 0.879. The third-order valence-corrected chi connectivity index (χ3v) is 3.85. The van der Waals surface area contributed by atoms with Gasteiger partial charge in [0, 0.05) is 6.04 Å². The first-order valence-electron chi connectivity index (χ1n) is 7.20. The van der Waals surface area contributed by atoms with Gasteiger partial charge in [-0.2, -0.15) is 0 Å². The van der Waals surface area contributed by atoms with Gasteiger partial charge in [-0.25, -0.2) is 0 Å². The highest BCUT2D eigenvalue weighted by molar-refractivity contribution is 5.27. The van der Waals surface area contributed by atoms with Crippen molar-refractivity contribution in [2.24, 2.45) is 0 Å². The highest BCUT2D eigenvalue weighted by Crippen LogP contribution is 2.23. The van der Waals surface area contributed by atoms with Crippen LogP contribution >= 0.6 is 0 Å². The molecule has 2 unspecified atom stereocenters. The van der Waals surface area contributed by atoms with Gasteiger partial charge >= 0.3 is 0 Å². The van der Waals surface area contributed by atoms with Gasteiger partial charge in [0.2, 0.25) is 0 Å². The zero-order valence-corrected chi connectivity index (χ0v) is 11.6. The van der Waals surface area contributed by atoms with Gasteiger partial charge in [-0.15, -0.1) is 0 Å². The molecular weight excluding hydrogens is 222 g/mol. The van der Waals surface area contributed by atoms with E-state index in [0.717, 1.165) is 5.75 Å². The van der Waals surface area contributed by atoms with E-state index in [-0.39, 0.29) is 0 Å². The molecular formula is C16H25NO. The predicted octanol–water partition coefficient (Wildman–Crippen LogP) is 3.68. The van der Waals surface area contributed by atoms with Crippen LogP contribution in [0.3, 0.4) is 0 Å². The molecule has 1 aliphatic carbocycles. The summed E-state index contributed by atoms with van der Waals surface area (Å²) in [6, 6.07) is 8.87. The van der Waals surface area contributed by atoms with Gasteiger partial charge in [0.05, 0.1) is 0 Å². The van der Waals surface area contributed by atoms with Gasteiger partial charge in [-0.3, -0.25) is 0 Å². The first-order valence-corrected chi connectivity index (χ1v) is 7.20. The number of benzene rings is 1. The molecule has 0 bridgehead atoms. The van der Waals surface area contributed by atoms with Gasteiger partial charge in [0.15, 0.2) is 0 Å². The number of ether oxygens (including phenoxy) is 1. The van der Waals surface area contributed by atoms with E-state index in [4.69, 9.17) is 4.74 Å². The number of aryl methyl sites for hydroxylation is 1. The lowest BCUT2D eigenvalue weighted by molar-refractivity contribution is 0.131. The average Bonchev–Trinajstić information content (AvgIpc) is 2.33. The summed E-state index contributed by atoms with van der Waals surface area (Å²) >= 11 is 0.